The van der Waals surface area contributed by atoms with Crippen molar-refractivity contribution in [3.05, 3.63) is 88.8 Å². The van der Waals surface area contributed by atoms with Gasteiger partial charge in [0.2, 0.25) is 41.4 Å². The SMILES string of the molecule is C/C1=C2/[N-]C([C@H](CC(N)=O)[C@@]2(C)CCC(=O)NC[C@@H](C)OP(=O)([O-])O[C@H]2[C@@H](O)[C@@H](n3cnc4cc(C)c(C)cc43)O[C@@H]2COP(=O)(O)O)[C@]2(C)N=C(/C(C)=C3N=C(/C=C4N=C1[C@@H](CCC(N)=O)C\4(C)C)[C@@H](CCC(N)=O)[C@]\3(C)CC(N)=O)[C@@H](CCC(N)=O)[C@]2(C)CC(N)=O.[CH2-][C@H]1O[C@@H](n2cnc3c(N)ncnc32)[C@H](O)[C@@H]1O.[Co+3]. The van der Waals surface area contributed by atoms with Crippen LogP contribution in [-0.2, 0) is 82.5 Å². The van der Waals surface area contributed by atoms with E-state index in [-0.39, 0.29) is 93.2 Å². The van der Waals surface area contributed by atoms with Gasteiger partial charge in [-0.1, -0.05) is 40.7 Å². The van der Waals surface area contributed by atoms with Crippen LogP contribution in [0.4, 0.5) is 5.82 Å². The molecule has 41 heteroatoms. The summed E-state index contributed by atoms with van der Waals surface area (Å²) >= 11 is 0. The number of phosphoric ester groups is 2. The van der Waals surface area contributed by atoms with Gasteiger partial charge in [-0.15, -0.1) is 0 Å². The van der Waals surface area contributed by atoms with Crippen molar-refractivity contribution in [2.45, 2.75) is 214 Å². The Labute approximate surface area is 661 Å². The predicted molar refractivity (Wildman–Crippen MR) is 404 cm³/mol. The van der Waals surface area contributed by atoms with Crippen LogP contribution in [0.15, 0.2) is 80.4 Å². The number of rotatable bonds is 29. The molecule has 0 radical (unpaired) electrons. The van der Waals surface area contributed by atoms with Crippen LogP contribution in [0.1, 0.15) is 157 Å². The van der Waals surface area contributed by atoms with Crippen molar-refractivity contribution in [3.8, 4) is 0 Å². The molecule has 7 aliphatic heterocycles. The van der Waals surface area contributed by atoms with E-state index in [1.54, 1.807) is 45.9 Å². The third kappa shape index (κ3) is 17.8. The summed E-state index contributed by atoms with van der Waals surface area (Å²) in [5.74, 6) is -7.44. The molecule has 19 atom stereocenters. The Bertz CT molecular complexity index is 4730. The molecular weight excluding hydrogens is 1560 g/mol. The molecule has 8 bridgehead atoms. The van der Waals surface area contributed by atoms with E-state index in [1.165, 1.54) is 35.0 Å². The number of benzene rings is 1. The average molecular weight is 1660 g/mol. The minimum atomic E-state index is -5.51. The smallest absolute Gasteiger partial charge is 0.756 e. The largest absolute Gasteiger partial charge is 3.00 e. The first-order valence-electron chi connectivity index (χ1n) is 36.6. The van der Waals surface area contributed by atoms with Crippen LogP contribution in [0.3, 0.4) is 0 Å². The van der Waals surface area contributed by atoms with E-state index < -0.39 is 182 Å². The topological polar surface area (TPSA) is 631 Å². The van der Waals surface area contributed by atoms with Gasteiger partial charge in [-0.25, -0.2) is 24.5 Å². The summed E-state index contributed by atoms with van der Waals surface area (Å²) in [5.41, 5.74) is 42.5. The summed E-state index contributed by atoms with van der Waals surface area (Å²) in [5, 5.41) is 39.5. The van der Waals surface area contributed by atoms with Crippen molar-refractivity contribution in [2.75, 3.05) is 18.9 Å². The Balaban J connectivity index is 0.000000669. The number of nitrogen functional groups attached to an aromatic ring is 1. The number of aliphatic imine (C=N–C) groups is 3. The zero-order chi connectivity index (χ0) is 82.8. The second kappa shape index (κ2) is 33.6. The number of carbonyl (C=O) groups excluding carboxylic acids is 7. The van der Waals surface area contributed by atoms with Crippen LogP contribution >= 0.6 is 15.6 Å². The molecule has 38 nitrogen and oxygen atoms in total. The van der Waals surface area contributed by atoms with E-state index in [2.05, 4.69) is 36.7 Å². The van der Waals surface area contributed by atoms with Gasteiger partial charge in [0, 0.05) is 108 Å². The molecule has 0 aliphatic carbocycles. The normalized spacial score (nSPS) is 33.0. The monoisotopic (exact) mass is 1660 g/mol. The number of aromatic nitrogens is 6. The minimum Gasteiger partial charge on any atom is -0.756 e. The molecule has 1 aromatic carbocycles. The number of anilines is 1. The fraction of sp³-hybridized carbons (Fsp3) is 0.597. The second-order valence-electron chi connectivity index (χ2n) is 31.7. The number of hydrogen-bond donors (Lipinski definition) is 13. The van der Waals surface area contributed by atoms with E-state index >= 15 is 0 Å². The second-order valence-corrected chi connectivity index (χ2v) is 34.3. The zero-order valence-electron chi connectivity index (χ0n) is 64.5. The number of nitrogens with zero attached hydrogens (tertiary/aromatic N) is 10. The first-order valence-corrected chi connectivity index (χ1v) is 39.6. The fourth-order valence-electron chi connectivity index (χ4n) is 17.5. The predicted octanol–water partition coefficient (Wildman–Crippen LogP) is 2.29. The van der Waals surface area contributed by atoms with Crippen molar-refractivity contribution in [2.24, 2.45) is 94.7 Å². The number of fused-ring (bicyclic) bond motifs is 8. The Kier molecular flexibility index (Phi) is 26.4. The number of aliphatic hydroxyl groups excluding tert-OH is 3. The van der Waals surface area contributed by atoms with Gasteiger partial charge in [0.1, 0.15) is 36.3 Å². The van der Waals surface area contributed by atoms with Crippen molar-refractivity contribution >= 4 is 102 Å². The fourth-order valence-corrected chi connectivity index (χ4v) is 19.0. The summed E-state index contributed by atoms with van der Waals surface area (Å²) in [6, 6.07) is 2.48. The molecule has 20 N–H and O–H groups in total. The molecule has 0 spiro atoms. The van der Waals surface area contributed by atoms with Gasteiger partial charge in [0.15, 0.2) is 23.9 Å². The molecule has 7 aliphatic rings. The van der Waals surface area contributed by atoms with E-state index in [9.17, 15) is 72.7 Å². The third-order valence-corrected chi connectivity index (χ3v) is 25.3. The zero-order valence-corrected chi connectivity index (χ0v) is 67.4. The van der Waals surface area contributed by atoms with Gasteiger partial charge in [-0.2, -0.15) is 5.70 Å². The number of primary amides is 6. The summed E-state index contributed by atoms with van der Waals surface area (Å²) in [6.07, 6.45) is -7.11. The summed E-state index contributed by atoms with van der Waals surface area (Å²) in [4.78, 5) is 159. The number of carbonyl (C=O) groups is 7. The maximum Gasteiger partial charge on any atom is 3.00 e. The third-order valence-electron chi connectivity index (χ3n) is 23.7. The Morgan fingerprint density at radius 1 is 0.726 bits per heavy atom. The van der Waals surface area contributed by atoms with Crippen molar-refractivity contribution in [1.82, 2.24) is 34.4 Å². The van der Waals surface area contributed by atoms with Gasteiger partial charge in [-0.3, -0.25) is 62.2 Å². The van der Waals surface area contributed by atoms with Crippen molar-refractivity contribution < 1.29 is 113 Å². The number of aliphatic hydroxyl groups is 3. The van der Waals surface area contributed by atoms with E-state index in [0.717, 1.165) is 11.1 Å². The van der Waals surface area contributed by atoms with Crippen LogP contribution in [0.2, 0.25) is 0 Å². The molecule has 7 amide bonds. The first kappa shape index (κ1) is 88.8. The van der Waals surface area contributed by atoms with E-state index in [0.29, 0.717) is 67.6 Å². The van der Waals surface area contributed by atoms with Crippen LogP contribution in [0, 0.1) is 66.1 Å². The molecule has 618 valence electrons. The quantitative estimate of drug-likeness (QED) is 0.0274. The Morgan fingerprint density at radius 3 is 1.92 bits per heavy atom. The van der Waals surface area contributed by atoms with Gasteiger partial charge in [0.25, 0.3) is 7.82 Å². The van der Waals surface area contributed by atoms with Crippen LogP contribution in [0.25, 0.3) is 27.5 Å². The minimum absolute atomic E-state index is 0. The van der Waals surface area contributed by atoms with Gasteiger partial charge >= 0.3 is 24.6 Å². The van der Waals surface area contributed by atoms with Crippen LogP contribution < -0.4 is 50.3 Å². The molecule has 0 saturated carbocycles. The van der Waals surface area contributed by atoms with Gasteiger partial charge < -0.3 is 111 Å². The number of allylic oxidation sites excluding steroid dienone is 6. The van der Waals surface area contributed by atoms with E-state index in [4.69, 9.17) is 79.0 Å². The molecule has 11 rings (SSSR count). The van der Waals surface area contributed by atoms with E-state index in [1.807, 2.05) is 41.5 Å². The molecule has 3 saturated heterocycles. The molecule has 10 heterocycles. The summed E-state index contributed by atoms with van der Waals surface area (Å²) < 4.78 is 55.4. The first-order chi connectivity index (χ1) is 52.1. The number of aryl methyl sites for hydroxylation is 2. The van der Waals surface area contributed by atoms with Gasteiger partial charge in [-0.05, 0) is 125 Å². The molecular formula is C72H101CoN18O20P2. The van der Waals surface area contributed by atoms with Crippen LogP contribution in [0.5, 0.6) is 0 Å². The number of nitrogens with one attached hydrogen (secondary N) is 1. The summed E-state index contributed by atoms with van der Waals surface area (Å²) in [6.45, 7) is 22.0. The van der Waals surface area contributed by atoms with Gasteiger partial charge in [0.05, 0.1) is 53.7 Å². The number of phosphoric acid groups is 2. The molecule has 3 aromatic heterocycles. The standard InChI is InChI=1S/C62H91N13O17P2.C10H12N5O3.Co/c1-29-20-39-40(21-30(29)2)75(28-70-39)57-52(83)53(41(90-57)27-89-93(84,85)86)92-94(87,88)91-31(3)26-69-49(82)18-19-59(8)37(22-46(66)79)56-62(11)61(10,25-48(68)81)36(14-17-45(65)78)51(74-62)33(5)55-60(9,24-47(67)80)34(12-15-43(63)76)38(71-55)23-42-58(6,7)35(13-16-44(64)77)50(72-42)32(4)54(59)73-56;1-4-6(16)7(17)10(18-4)15-3-14-5-8(11)12-2-13-9(5)15;/h20-21,23,28,31,34-37,41,52-53,56-57,83H,12-19,22,24-27H2,1-11H3,(H17,63,64,65,66,67,68,69,71,72,73,74,76,77,78,79,80,81,82,84,85,86,87,88);2-4,6-7,10,16-17H,1H2,(H2,11,12,13);/q;-1;+3/p-2/t31-,34-,35-,36-,37+,41-,52-,53-,56?,57+,59-,60+,61+,62+;4-,6-,7-,10-;/m11./s1. The van der Waals surface area contributed by atoms with Crippen LogP contribution in [-0.4, -0.2) is 180 Å². The van der Waals surface area contributed by atoms with Crippen molar-refractivity contribution in [1.29, 1.82) is 0 Å². The number of ether oxygens (including phenoxy) is 2. The Morgan fingerprint density at radius 2 is 1.33 bits per heavy atom. The molecule has 2 unspecified atom stereocenters. The summed E-state index contributed by atoms with van der Waals surface area (Å²) in [7, 11) is -10.7. The molecule has 3 fully saturated rings. The molecule has 113 heavy (non-hydrogen) atoms. The number of imidazole rings is 2. The maximum absolute atomic E-state index is 14.4. The maximum atomic E-state index is 14.4. The average Bonchev–Trinajstić information content (AvgIpc) is 1.52. The number of nitrogens with two attached hydrogens (primary N) is 7. The number of hydrogen-bond acceptors (Lipinski definition) is 26. The van der Waals surface area contributed by atoms with Crippen molar-refractivity contribution in [3.63, 3.8) is 0 Å². The number of amides is 7. The Hall–Kier alpha value is -8.11. The molecule has 4 aromatic rings.